The molecule has 0 amide bonds. The van der Waals surface area contributed by atoms with Crippen molar-refractivity contribution in [3.8, 4) is 5.75 Å². The molecule has 114 valence electrons. The van der Waals surface area contributed by atoms with Crippen molar-refractivity contribution in [2.45, 2.75) is 19.4 Å². The first-order valence-electron chi connectivity index (χ1n) is 7.55. The summed E-state index contributed by atoms with van der Waals surface area (Å²) < 4.78 is 11.3. The third-order valence-corrected chi connectivity index (χ3v) is 3.67. The quantitative estimate of drug-likeness (QED) is 0.872. The van der Waals surface area contributed by atoms with Crippen LogP contribution in [0.5, 0.6) is 5.75 Å². The highest BCUT2D eigenvalue weighted by Gasteiger charge is 2.27. The maximum absolute atomic E-state index is 12.2. The minimum atomic E-state index is -0.301. The number of hydrogen-bond donors (Lipinski definition) is 1. The normalized spacial score (nSPS) is 16.3. The Kier molecular flexibility index (Phi) is 4.28. The van der Waals surface area contributed by atoms with Crippen LogP contribution in [-0.4, -0.2) is 19.1 Å². The van der Waals surface area contributed by atoms with Gasteiger partial charge in [-0.3, -0.25) is 0 Å². The Morgan fingerprint density at radius 3 is 2.77 bits per heavy atom. The minimum absolute atomic E-state index is 0.153. The highest BCUT2D eigenvalue weighted by molar-refractivity contribution is 5.93. The van der Waals surface area contributed by atoms with Gasteiger partial charge < -0.3 is 14.8 Å². The predicted octanol–water partition coefficient (Wildman–Crippen LogP) is 3.80. The Labute approximate surface area is 130 Å². The third-order valence-electron chi connectivity index (χ3n) is 3.67. The molecular formula is C18H19NO3. The van der Waals surface area contributed by atoms with Gasteiger partial charge in [0.2, 0.25) is 0 Å². The van der Waals surface area contributed by atoms with Crippen molar-refractivity contribution in [2.24, 2.45) is 0 Å². The van der Waals surface area contributed by atoms with E-state index < -0.39 is 0 Å². The van der Waals surface area contributed by atoms with E-state index in [2.05, 4.69) is 5.32 Å². The highest BCUT2D eigenvalue weighted by atomic mass is 16.5. The average molecular weight is 297 g/mol. The minimum Gasteiger partial charge on any atom is -0.486 e. The lowest BCUT2D eigenvalue weighted by molar-refractivity contribution is 0.0520. The fraction of sp³-hybridized carbons (Fsp3) is 0.278. The van der Waals surface area contributed by atoms with Crippen LogP contribution in [0.3, 0.4) is 0 Å². The maximum atomic E-state index is 12.2. The molecule has 3 rings (SSSR count). The lowest BCUT2D eigenvalue weighted by atomic mass is 9.94. The second kappa shape index (κ2) is 6.52. The first-order chi connectivity index (χ1) is 10.8. The summed E-state index contributed by atoms with van der Waals surface area (Å²) in [5.41, 5.74) is 2.40. The summed E-state index contributed by atoms with van der Waals surface area (Å²) in [6.07, 6.45) is 0.650. The van der Waals surface area contributed by atoms with Crippen molar-refractivity contribution in [1.29, 1.82) is 0 Å². The highest BCUT2D eigenvalue weighted by Crippen LogP contribution is 2.36. The summed E-state index contributed by atoms with van der Waals surface area (Å²) in [7, 11) is 0. The topological polar surface area (TPSA) is 47.6 Å². The van der Waals surface area contributed by atoms with Crippen LogP contribution < -0.4 is 10.1 Å². The standard InChI is InChI=1S/C18H19NO3/c1-2-21-18(20)14-9-6-10-15-17(14)16(11-12-19-15)22-13-7-4-3-5-8-13/h3-10,16,19H,2,11-12H2,1H3. The van der Waals surface area contributed by atoms with E-state index >= 15 is 0 Å². The average Bonchev–Trinajstić information content (AvgIpc) is 2.56. The van der Waals surface area contributed by atoms with Gasteiger partial charge in [0, 0.05) is 24.2 Å². The maximum Gasteiger partial charge on any atom is 0.338 e. The molecule has 22 heavy (non-hydrogen) atoms. The monoisotopic (exact) mass is 297 g/mol. The molecule has 1 atom stereocenters. The molecule has 1 heterocycles. The van der Waals surface area contributed by atoms with Crippen molar-refractivity contribution < 1.29 is 14.3 Å². The molecule has 4 nitrogen and oxygen atoms in total. The zero-order chi connectivity index (χ0) is 15.4. The van der Waals surface area contributed by atoms with Crippen LogP contribution >= 0.6 is 0 Å². The van der Waals surface area contributed by atoms with Gasteiger partial charge in [0.05, 0.1) is 12.2 Å². The second-order valence-corrected chi connectivity index (χ2v) is 5.12. The number of anilines is 1. The number of esters is 1. The molecule has 1 unspecified atom stereocenters. The van der Waals surface area contributed by atoms with Crippen LogP contribution in [0.15, 0.2) is 48.5 Å². The van der Waals surface area contributed by atoms with Crippen LogP contribution in [0.4, 0.5) is 5.69 Å². The van der Waals surface area contributed by atoms with Crippen molar-refractivity contribution in [3.63, 3.8) is 0 Å². The molecule has 2 aromatic carbocycles. The van der Waals surface area contributed by atoms with Crippen molar-refractivity contribution >= 4 is 11.7 Å². The van der Waals surface area contributed by atoms with E-state index in [1.165, 1.54) is 0 Å². The first kappa shape index (κ1) is 14.4. The predicted molar refractivity (Wildman–Crippen MR) is 85.3 cm³/mol. The summed E-state index contributed by atoms with van der Waals surface area (Å²) in [4.78, 5) is 12.2. The number of carbonyl (C=O) groups excluding carboxylic acids is 1. The molecular weight excluding hydrogens is 278 g/mol. The van der Waals surface area contributed by atoms with E-state index in [4.69, 9.17) is 9.47 Å². The van der Waals surface area contributed by atoms with Crippen LogP contribution in [0.2, 0.25) is 0 Å². The number of hydrogen-bond acceptors (Lipinski definition) is 4. The van der Waals surface area contributed by atoms with E-state index in [1.807, 2.05) is 49.4 Å². The summed E-state index contributed by atoms with van der Waals surface area (Å²) in [5.74, 6) is 0.503. The molecule has 0 spiro atoms. The Morgan fingerprint density at radius 1 is 1.18 bits per heavy atom. The zero-order valence-corrected chi connectivity index (χ0v) is 12.5. The Bertz CT molecular complexity index is 655. The lowest BCUT2D eigenvalue weighted by Crippen LogP contribution is -2.24. The molecule has 0 fully saturated rings. The first-order valence-corrected chi connectivity index (χ1v) is 7.55. The molecule has 0 aliphatic carbocycles. The Hall–Kier alpha value is -2.49. The van der Waals surface area contributed by atoms with Gasteiger partial charge in [-0.1, -0.05) is 24.3 Å². The van der Waals surface area contributed by atoms with E-state index in [9.17, 15) is 4.79 Å². The summed E-state index contributed by atoms with van der Waals surface area (Å²) in [6.45, 7) is 2.99. The third kappa shape index (κ3) is 2.91. The SMILES string of the molecule is CCOC(=O)c1cccc2c1C(Oc1ccccc1)CCN2. The molecule has 0 aromatic heterocycles. The second-order valence-electron chi connectivity index (χ2n) is 5.12. The number of para-hydroxylation sites is 1. The number of nitrogens with one attached hydrogen (secondary N) is 1. The number of fused-ring (bicyclic) bond motifs is 1. The van der Waals surface area contributed by atoms with E-state index in [0.717, 1.165) is 30.0 Å². The number of benzene rings is 2. The van der Waals surface area contributed by atoms with Crippen LogP contribution in [0.25, 0.3) is 0 Å². The summed E-state index contributed by atoms with van der Waals surface area (Å²) >= 11 is 0. The molecule has 0 radical (unpaired) electrons. The van der Waals surface area contributed by atoms with Crippen LogP contribution in [0, 0.1) is 0 Å². The van der Waals surface area contributed by atoms with Crippen LogP contribution in [-0.2, 0) is 4.74 Å². The lowest BCUT2D eigenvalue weighted by Gasteiger charge is -2.29. The number of ether oxygens (including phenoxy) is 2. The van der Waals surface area contributed by atoms with E-state index in [0.29, 0.717) is 12.2 Å². The smallest absolute Gasteiger partial charge is 0.338 e. The summed E-state index contributed by atoms with van der Waals surface area (Å²) in [5, 5.41) is 3.33. The van der Waals surface area contributed by atoms with Gasteiger partial charge in [0.15, 0.2) is 0 Å². The van der Waals surface area contributed by atoms with Gasteiger partial charge in [-0.2, -0.15) is 0 Å². The number of carbonyl (C=O) groups is 1. The van der Waals surface area contributed by atoms with Gasteiger partial charge >= 0.3 is 5.97 Å². The van der Waals surface area contributed by atoms with E-state index in [-0.39, 0.29) is 12.1 Å². The largest absolute Gasteiger partial charge is 0.486 e. The van der Waals surface area contributed by atoms with Gasteiger partial charge in [0.25, 0.3) is 0 Å². The van der Waals surface area contributed by atoms with Gasteiger partial charge in [0.1, 0.15) is 11.9 Å². The molecule has 0 bridgehead atoms. The van der Waals surface area contributed by atoms with Gasteiger partial charge in [-0.25, -0.2) is 4.79 Å². The Morgan fingerprint density at radius 2 is 2.00 bits per heavy atom. The van der Waals surface area contributed by atoms with Gasteiger partial charge in [-0.15, -0.1) is 0 Å². The van der Waals surface area contributed by atoms with Crippen molar-refractivity contribution in [2.75, 3.05) is 18.5 Å². The van der Waals surface area contributed by atoms with Crippen molar-refractivity contribution in [1.82, 2.24) is 0 Å². The fourth-order valence-corrected chi connectivity index (χ4v) is 2.72. The fourth-order valence-electron chi connectivity index (χ4n) is 2.72. The molecule has 2 aromatic rings. The van der Waals surface area contributed by atoms with Crippen LogP contribution in [0.1, 0.15) is 35.4 Å². The molecule has 0 saturated heterocycles. The zero-order valence-electron chi connectivity index (χ0n) is 12.5. The van der Waals surface area contributed by atoms with Crippen molar-refractivity contribution in [3.05, 3.63) is 59.7 Å². The molecule has 1 aliphatic heterocycles. The molecule has 4 heteroatoms. The summed E-state index contributed by atoms with van der Waals surface area (Å²) in [6, 6.07) is 15.3. The molecule has 1 aliphatic rings. The number of rotatable bonds is 4. The Balaban J connectivity index is 1.95. The molecule has 0 saturated carbocycles. The molecule has 1 N–H and O–H groups in total. The van der Waals surface area contributed by atoms with E-state index in [1.54, 1.807) is 6.07 Å². The van der Waals surface area contributed by atoms with Gasteiger partial charge in [-0.05, 0) is 31.2 Å².